The van der Waals surface area contributed by atoms with Crippen LogP contribution in [0.2, 0.25) is 0 Å². The quantitative estimate of drug-likeness (QED) is 0.724. The molecule has 0 saturated carbocycles. The van der Waals surface area contributed by atoms with Gasteiger partial charge in [0.1, 0.15) is 0 Å². The molecule has 6 heteroatoms. The van der Waals surface area contributed by atoms with E-state index in [4.69, 9.17) is 9.79 Å². The van der Waals surface area contributed by atoms with Crippen LogP contribution in [-0.2, 0) is 8.88 Å². The van der Waals surface area contributed by atoms with Gasteiger partial charge in [-0.3, -0.25) is 4.31 Å². The Kier molecular flexibility index (Phi) is 3.39. The van der Waals surface area contributed by atoms with Gasteiger partial charge in [0, 0.05) is 5.30 Å². The van der Waals surface area contributed by atoms with E-state index < -0.39 is 7.82 Å². The highest BCUT2D eigenvalue weighted by Crippen LogP contribution is 2.43. The highest BCUT2D eigenvalue weighted by atomic mass is 31.2. The second kappa shape index (κ2) is 4.13. The average Bonchev–Trinajstić information content (AvgIpc) is 2.02. The number of hydrogen-bond acceptors (Lipinski definition) is 2. The molecule has 0 amide bonds. The van der Waals surface area contributed by atoms with Crippen molar-refractivity contribution in [1.29, 1.82) is 0 Å². The van der Waals surface area contributed by atoms with E-state index in [9.17, 15) is 4.57 Å². The molecule has 1 atom stereocenters. The Morgan fingerprint density at radius 1 is 1.25 bits per heavy atom. The molecule has 1 rings (SSSR count). The molecule has 66 valence electrons. The zero-order chi connectivity index (χ0) is 9.03. The summed E-state index contributed by atoms with van der Waals surface area (Å²) in [7, 11) is -4.63. The summed E-state index contributed by atoms with van der Waals surface area (Å²) in [4.78, 5) is 16.7. The van der Waals surface area contributed by atoms with Crippen LogP contribution in [0.4, 0.5) is 0 Å². The van der Waals surface area contributed by atoms with Crippen molar-refractivity contribution in [3.63, 3.8) is 0 Å². The molecule has 0 aliphatic carbocycles. The second-order valence-electron chi connectivity index (χ2n) is 2.05. The molecule has 0 aliphatic rings. The van der Waals surface area contributed by atoms with E-state index in [1.807, 2.05) is 6.07 Å². The molecule has 2 N–H and O–H groups in total. The SMILES string of the molecule is O=P(O)(O)OPc1ccccc1. The van der Waals surface area contributed by atoms with Gasteiger partial charge >= 0.3 is 7.82 Å². The van der Waals surface area contributed by atoms with Crippen molar-refractivity contribution in [3.8, 4) is 0 Å². The predicted octanol–water partition coefficient (Wildman–Crippen LogP) is 1.01. The highest BCUT2D eigenvalue weighted by Gasteiger charge is 2.13. The lowest BCUT2D eigenvalue weighted by Gasteiger charge is -2.03. The lowest BCUT2D eigenvalue weighted by atomic mass is 10.4. The summed E-state index contributed by atoms with van der Waals surface area (Å²) in [5.74, 6) is 0. The normalized spacial score (nSPS) is 12.5. The molecule has 1 aromatic carbocycles. The maximum absolute atomic E-state index is 10.3. The second-order valence-corrected chi connectivity index (χ2v) is 4.54. The Bertz CT molecular complexity index is 281. The van der Waals surface area contributed by atoms with Crippen LogP contribution in [-0.4, -0.2) is 9.79 Å². The number of phosphoric acid groups is 1. The first-order valence-electron chi connectivity index (χ1n) is 3.13. The third kappa shape index (κ3) is 3.96. The van der Waals surface area contributed by atoms with E-state index in [2.05, 4.69) is 4.31 Å². The van der Waals surface area contributed by atoms with E-state index in [0.29, 0.717) is 0 Å². The van der Waals surface area contributed by atoms with E-state index in [0.717, 1.165) is 5.30 Å². The zero-order valence-corrected chi connectivity index (χ0v) is 7.94. The molecule has 0 aliphatic heterocycles. The Morgan fingerprint density at radius 3 is 2.33 bits per heavy atom. The van der Waals surface area contributed by atoms with Gasteiger partial charge in [0.2, 0.25) is 0 Å². The molecule has 0 heterocycles. The topological polar surface area (TPSA) is 66.8 Å². The lowest BCUT2D eigenvalue weighted by molar-refractivity contribution is 0.296. The minimum Gasteiger partial charge on any atom is -0.302 e. The molecular weight excluding hydrogens is 198 g/mol. The summed E-state index contributed by atoms with van der Waals surface area (Å²) in [6.45, 7) is 0. The molecule has 0 fully saturated rings. The van der Waals surface area contributed by atoms with Crippen LogP contribution >= 0.6 is 16.6 Å². The summed E-state index contributed by atoms with van der Waals surface area (Å²) in [6.07, 6.45) is 0. The van der Waals surface area contributed by atoms with Crippen molar-refractivity contribution in [3.05, 3.63) is 30.3 Å². The van der Waals surface area contributed by atoms with Gasteiger partial charge < -0.3 is 9.79 Å². The smallest absolute Gasteiger partial charge is 0.302 e. The Balaban J connectivity index is 2.50. The lowest BCUT2D eigenvalue weighted by Crippen LogP contribution is -1.92. The van der Waals surface area contributed by atoms with Crippen LogP contribution < -0.4 is 5.30 Å². The summed E-state index contributed by atoms with van der Waals surface area (Å²) in [5, 5.41) is 0.765. The van der Waals surface area contributed by atoms with Crippen LogP contribution in [0.15, 0.2) is 30.3 Å². The fourth-order valence-electron chi connectivity index (χ4n) is 0.618. The van der Waals surface area contributed by atoms with E-state index in [1.54, 1.807) is 24.3 Å². The van der Waals surface area contributed by atoms with Gasteiger partial charge in [0.25, 0.3) is 0 Å². The summed E-state index contributed by atoms with van der Waals surface area (Å²) >= 11 is 0. The van der Waals surface area contributed by atoms with Gasteiger partial charge in [0.15, 0.2) is 0 Å². The molecule has 1 aromatic rings. The summed E-state index contributed by atoms with van der Waals surface area (Å²) in [5.41, 5.74) is 0. The van der Waals surface area contributed by atoms with Gasteiger partial charge in [-0.1, -0.05) is 30.3 Å². The molecule has 0 radical (unpaired) electrons. The van der Waals surface area contributed by atoms with Gasteiger partial charge in [-0.25, -0.2) is 4.57 Å². The predicted molar refractivity (Wildman–Crippen MR) is 47.5 cm³/mol. The third-order valence-corrected chi connectivity index (χ3v) is 2.94. The largest absolute Gasteiger partial charge is 0.472 e. The van der Waals surface area contributed by atoms with Crippen molar-refractivity contribution < 1.29 is 18.7 Å². The third-order valence-electron chi connectivity index (χ3n) is 1.06. The van der Waals surface area contributed by atoms with Crippen molar-refractivity contribution in [1.82, 2.24) is 0 Å². The summed E-state index contributed by atoms with van der Waals surface area (Å²) in [6, 6.07) is 8.88. The maximum Gasteiger partial charge on any atom is 0.472 e. The van der Waals surface area contributed by atoms with Crippen molar-refractivity contribution in [2.45, 2.75) is 0 Å². The Morgan fingerprint density at radius 2 is 1.83 bits per heavy atom. The average molecular weight is 206 g/mol. The molecule has 0 saturated heterocycles. The number of rotatable bonds is 3. The van der Waals surface area contributed by atoms with E-state index in [1.165, 1.54) is 0 Å². The van der Waals surface area contributed by atoms with Gasteiger partial charge in [-0.2, -0.15) is 0 Å². The van der Waals surface area contributed by atoms with Crippen molar-refractivity contribution >= 4 is 21.9 Å². The molecule has 0 aromatic heterocycles. The fraction of sp³-hybridized carbons (Fsp3) is 0. The van der Waals surface area contributed by atoms with Crippen LogP contribution in [0, 0.1) is 0 Å². The van der Waals surface area contributed by atoms with Crippen molar-refractivity contribution in [2.24, 2.45) is 0 Å². The first-order chi connectivity index (χ1) is 5.58. The van der Waals surface area contributed by atoms with Crippen molar-refractivity contribution in [2.75, 3.05) is 0 Å². The molecule has 1 unspecified atom stereocenters. The molecule has 4 nitrogen and oxygen atoms in total. The minimum atomic E-state index is -4.32. The van der Waals surface area contributed by atoms with Crippen LogP contribution in [0.25, 0.3) is 0 Å². The minimum absolute atomic E-state index is 0.307. The molecule has 12 heavy (non-hydrogen) atoms. The monoisotopic (exact) mass is 206 g/mol. The van der Waals surface area contributed by atoms with Gasteiger partial charge in [-0.15, -0.1) is 0 Å². The molecular formula is C6H8O4P2. The van der Waals surface area contributed by atoms with Gasteiger partial charge in [-0.05, 0) is 0 Å². The van der Waals surface area contributed by atoms with Crippen LogP contribution in [0.1, 0.15) is 0 Å². The first kappa shape index (κ1) is 9.85. The standard InChI is InChI=1S/C6H8O4P2/c7-12(8,9)10-11-6-4-2-1-3-5-6/h1-5,11H,(H2,7,8,9). The highest BCUT2D eigenvalue weighted by molar-refractivity contribution is 7.57. The Labute approximate surface area is 71.7 Å². The van der Waals surface area contributed by atoms with E-state index in [-0.39, 0.29) is 8.81 Å². The number of benzene rings is 1. The molecule has 0 spiro atoms. The van der Waals surface area contributed by atoms with Crippen LogP contribution in [0.5, 0.6) is 0 Å². The first-order valence-corrected chi connectivity index (χ1v) is 5.57. The van der Waals surface area contributed by atoms with Crippen LogP contribution in [0.3, 0.4) is 0 Å². The number of hydrogen-bond donors (Lipinski definition) is 2. The summed E-state index contributed by atoms with van der Waals surface area (Å²) < 4.78 is 14.6. The van der Waals surface area contributed by atoms with E-state index >= 15 is 0 Å². The van der Waals surface area contributed by atoms with Gasteiger partial charge in [0.05, 0.1) is 8.81 Å². The molecule has 0 bridgehead atoms. The zero-order valence-electron chi connectivity index (χ0n) is 6.04. The maximum atomic E-state index is 10.3. The fourth-order valence-corrected chi connectivity index (χ4v) is 1.84. The Hall–Kier alpha value is -0.240.